The van der Waals surface area contributed by atoms with Gasteiger partial charge in [-0.3, -0.25) is 4.79 Å². The van der Waals surface area contributed by atoms with Crippen LogP contribution in [-0.4, -0.2) is 44.3 Å². The molecule has 0 radical (unpaired) electrons. The summed E-state index contributed by atoms with van der Waals surface area (Å²) in [4.78, 5) is 13.7. The zero-order chi connectivity index (χ0) is 14.1. The summed E-state index contributed by atoms with van der Waals surface area (Å²) in [5, 5.41) is 0. The van der Waals surface area contributed by atoms with E-state index in [0.717, 1.165) is 5.56 Å². The van der Waals surface area contributed by atoms with Gasteiger partial charge in [0.05, 0.1) is 13.2 Å². The van der Waals surface area contributed by atoms with Crippen molar-refractivity contribution < 1.29 is 14.3 Å². The summed E-state index contributed by atoms with van der Waals surface area (Å²) in [6, 6.07) is 7.55. The van der Waals surface area contributed by atoms with Crippen LogP contribution in [0.4, 0.5) is 5.69 Å². The van der Waals surface area contributed by atoms with Gasteiger partial charge in [0.15, 0.2) is 0 Å². The lowest BCUT2D eigenvalue weighted by Crippen LogP contribution is -2.33. The van der Waals surface area contributed by atoms with Crippen molar-refractivity contribution in [3.63, 3.8) is 0 Å². The van der Waals surface area contributed by atoms with Crippen LogP contribution in [0.25, 0.3) is 0 Å². The first-order valence-corrected chi connectivity index (χ1v) is 6.36. The standard InChI is InChI=1S/C14H22N2O3/c1-3-16(14(17)11-19-8-7-18-2)10-12-5-4-6-13(15)9-12/h4-6,9H,3,7-8,10-11,15H2,1-2H3. The van der Waals surface area contributed by atoms with Gasteiger partial charge in [-0.05, 0) is 24.6 Å². The number of nitrogens with zero attached hydrogens (tertiary/aromatic N) is 1. The largest absolute Gasteiger partial charge is 0.399 e. The van der Waals surface area contributed by atoms with Gasteiger partial charge in [-0.2, -0.15) is 0 Å². The lowest BCUT2D eigenvalue weighted by Gasteiger charge is -2.21. The van der Waals surface area contributed by atoms with Gasteiger partial charge in [-0.1, -0.05) is 12.1 Å². The van der Waals surface area contributed by atoms with Gasteiger partial charge in [-0.25, -0.2) is 0 Å². The molecule has 0 aromatic heterocycles. The summed E-state index contributed by atoms with van der Waals surface area (Å²) in [7, 11) is 1.60. The molecule has 1 rings (SSSR count). The van der Waals surface area contributed by atoms with Crippen molar-refractivity contribution in [1.82, 2.24) is 4.90 Å². The Labute approximate surface area is 114 Å². The molecular weight excluding hydrogens is 244 g/mol. The first kappa shape index (κ1) is 15.5. The number of carbonyl (C=O) groups is 1. The molecule has 2 N–H and O–H groups in total. The Bertz CT molecular complexity index is 396. The highest BCUT2D eigenvalue weighted by Gasteiger charge is 2.12. The fourth-order valence-corrected chi connectivity index (χ4v) is 1.68. The highest BCUT2D eigenvalue weighted by Crippen LogP contribution is 2.09. The first-order chi connectivity index (χ1) is 9.17. The van der Waals surface area contributed by atoms with Crippen molar-refractivity contribution in [2.75, 3.05) is 39.2 Å². The molecule has 0 bridgehead atoms. The van der Waals surface area contributed by atoms with E-state index < -0.39 is 0 Å². The third-order valence-corrected chi connectivity index (χ3v) is 2.72. The van der Waals surface area contributed by atoms with Crippen molar-refractivity contribution in [3.05, 3.63) is 29.8 Å². The van der Waals surface area contributed by atoms with Gasteiger partial charge in [0, 0.05) is 25.9 Å². The van der Waals surface area contributed by atoms with E-state index in [1.54, 1.807) is 12.0 Å². The number of rotatable bonds is 8. The number of carbonyl (C=O) groups excluding carboxylic acids is 1. The van der Waals surface area contributed by atoms with Gasteiger partial charge in [0.1, 0.15) is 6.61 Å². The Balaban J connectivity index is 2.46. The van der Waals surface area contributed by atoms with Crippen molar-refractivity contribution >= 4 is 11.6 Å². The molecule has 1 amide bonds. The number of amides is 1. The van der Waals surface area contributed by atoms with Crippen molar-refractivity contribution in [2.24, 2.45) is 0 Å². The minimum absolute atomic E-state index is 0.0268. The van der Waals surface area contributed by atoms with Crippen LogP contribution in [0.5, 0.6) is 0 Å². The Kier molecular flexibility index (Phi) is 6.92. The summed E-state index contributed by atoms with van der Waals surface area (Å²) in [5.74, 6) is -0.0268. The average molecular weight is 266 g/mol. The lowest BCUT2D eigenvalue weighted by atomic mass is 10.2. The summed E-state index contributed by atoms with van der Waals surface area (Å²) in [5.41, 5.74) is 7.45. The quantitative estimate of drug-likeness (QED) is 0.568. The number of hydrogen-bond acceptors (Lipinski definition) is 4. The summed E-state index contributed by atoms with van der Waals surface area (Å²) in [6.07, 6.45) is 0. The molecule has 0 aliphatic rings. The SMILES string of the molecule is CCN(Cc1cccc(N)c1)C(=O)COCCOC. The van der Waals surface area contributed by atoms with Gasteiger partial charge < -0.3 is 20.1 Å². The number of likely N-dealkylation sites (N-methyl/N-ethyl adjacent to an activating group) is 1. The zero-order valence-corrected chi connectivity index (χ0v) is 11.6. The third kappa shape index (κ3) is 5.72. The van der Waals surface area contributed by atoms with Gasteiger partial charge in [0.25, 0.3) is 0 Å². The molecule has 0 atom stereocenters. The second-order valence-corrected chi connectivity index (χ2v) is 4.20. The average Bonchev–Trinajstić information content (AvgIpc) is 2.41. The van der Waals surface area contributed by atoms with Crippen LogP contribution in [0, 0.1) is 0 Å². The molecule has 0 aliphatic heterocycles. The van der Waals surface area contributed by atoms with Crippen molar-refractivity contribution in [1.29, 1.82) is 0 Å². The fraction of sp³-hybridized carbons (Fsp3) is 0.500. The Morgan fingerprint density at radius 3 is 2.79 bits per heavy atom. The Morgan fingerprint density at radius 1 is 1.37 bits per heavy atom. The van der Waals surface area contributed by atoms with Crippen LogP contribution >= 0.6 is 0 Å². The van der Waals surface area contributed by atoms with Crippen LogP contribution in [0.15, 0.2) is 24.3 Å². The van der Waals surface area contributed by atoms with Gasteiger partial charge >= 0.3 is 0 Å². The monoisotopic (exact) mass is 266 g/mol. The molecule has 0 saturated heterocycles. The molecule has 1 aromatic rings. The van der Waals surface area contributed by atoms with Crippen molar-refractivity contribution in [3.8, 4) is 0 Å². The normalized spacial score (nSPS) is 10.4. The van der Waals surface area contributed by atoms with Crippen molar-refractivity contribution in [2.45, 2.75) is 13.5 Å². The number of anilines is 1. The summed E-state index contributed by atoms with van der Waals surface area (Å²) < 4.78 is 10.1. The highest BCUT2D eigenvalue weighted by atomic mass is 16.5. The number of nitrogen functional groups attached to an aromatic ring is 1. The molecular formula is C14H22N2O3. The van der Waals surface area contributed by atoms with Crippen LogP contribution in [0.2, 0.25) is 0 Å². The molecule has 19 heavy (non-hydrogen) atoms. The van der Waals surface area contributed by atoms with Crippen LogP contribution < -0.4 is 5.73 Å². The van der Waals surface area contributed by atoms with Crippen LogP contribution in [0.1, 0.15) is 12.5 Å². The maximum atomic E-state index is 12.0. The predicted molar refractivity (Wildman–Crippen MR) is 74.6 cm³/mol. The van der Waals surface area contributed by atoms with E-state index in [1.165, 1.54) is 0 Å². The molecule has 0 saturated carbocycles. The highest BCUT2D eigenvalue weighted by molar-refractivity contribution is 5.77. The van der Waals surface area contributed by atoms with E-state index in [1.807, 2.05) is 31.2 Å². The summed E-state index contributed by atoms with van der Waals surface area (Å²) in [6.45, 7) is 4.14. The minimum Gasteiger partial charge on any atom is -0.399 e. The molecule has 5 nitrogen and oxygen atoms in total. The van der Waals surface area contributed by atoms with E-state index >= 15 is 0 Å². The van der Waals surface area contributed by atoms with E-state index in [2.05, 4.69) is 0 Å². The predicted octanol–water partition coefficient (Wildman–Crippen LogP) is 1.28. The number of nitrogens with two attached hydrogens (primary N) is 1. The lowest BCUT2D eigenvalue weighted by molar-refractivity contribution is -0.137. The number of benzene rings is 1. The fourth-order valence-electron chi connectivity index (χ4n) is 1.68. The second-order valence-electron chi connectivity index (χ2n) is 4.20. The third-order valence-electron chi connectivity index (χ3n) is 2.72. The molecule has 0 unspecified atom stereocenters. The number of methoxy groups -OCH3 is 1. The Morgan fingerprint density at radius 2 is 2.16 bits per heavy atom. The number of ether oxygens (including phenoxy) is 2. The summed E-state index contributed by atoms with van der Waals surface area (Å²) >= 11 is 0. The van der Waals surface area contributed by atoms with E-state index in [-0.39, 0.29) is 12.5 Å². The number of hydrogen-bond donors (Lipinski definition) is 1. The van der Waals surface area contributed by atoms with Gasteiger partial charge in [-0.15, -0.1) is 0 Å². The Hall–Kier alpha value is -1.59. The van der Waals surface area contributed by atoms with Crippen LogP contribution in [0.3, 0.4) is 0 Å². The molecule has 0 aliphatic carbocycles. The van der Waals surface area contributed by atoms with Crippen LogP contribution in [-0.2, 0) is 20.8 Å². The molecule has 0 fully saturated rings. The van der Waals surface area contributed by atoms with E-state index in [0.29, 0.717) is 32.0 Å². The van der Waals surface area contributed by atoms with E-state index in [9.17, 15) is 4.79 Å². The molecule has 0 spiro atoms. The zero-order valence-electron chi connectivity index (χ0n) is 11.6. The topological polar surface area (TPSA) is 64.8 Å². The smallest absolute Gasteiger partial charge is 0.248 e. The molecule has 106 valence electrons. The van der Waals surface area contributed by atoms with Gasteiger partial charge in [0.2, 0.25) is 5.91 Å². The molecule has 5 heteroatoms. The maximum Gasteiger partial charge on any atom is 0.248 e. The molecule has 0 heterocycles. The van der Waals surface area contributed by atoms with E-state index in [4.69, 9.17) is 15.2 Å². The maximum absolute atomic E-state index is 12.0. The minimum atomic E-state index is -0.0268. The molecule has 1 aromatic carbocycles. The first-order valence-electron chi connectivity index (χ1n) is 6.36. The second kappa shape index (κ2) is 8.50.